The van der Waals surface area contributed by atoms with Crippen LogP contribution < -0.4 is 10.1 Å². The molecule has 2 aromatic carbocycles. The summed E-state index contributed by atoms with van der Waals surface area (Å²) in [6, 6.07) is 15.0. The number of benzene rings is 2. The van der Waals surface area contributed by atoms with Gasteiger partial charge in [-0.1, -0.05) is 0 Å². The van der Waals surface area contributed by atoms with Gasteiger partial charge < -0.3 is 15.2 Å². The van der Waals surface area contributed by atoms with E-state index in [0.29, 0.717) is 13.2 Å². The van der Waals surface area contributed by atoms with Crippen molar-refractivity contribution in [3.63, 3.8) is 0 Å². The molecule has 5 heteroatoms. The van der Waals surface area contributed by atoms with E-state index in [2.05, 4.69) is 15.5 Å². The summed E-state index contributed by atoms with van der Waals surface area (Å²) < 4.78 is 5.37. The van der Waals surface area contributed by atoms with Gasteiger partial charge in [0.1, 0.15) is 5.75 Å². The van der Waals surface area contributed by atoms with Gasteiger partial charge in [-0.2, -0.15) is 10.2 Å². The summed E-state index contributed by atoms with van der Waals surface area (Å²) in [5.41, 5.74) is 2.50. The number of nitrogens with one attached hydrogen (secondary N) is 1. The third-order valence-corrected chi connectivity index (χ3v) is 2.74. The van der Waals surface area contributed by atoms with Crippen molar-refractivity contribution in [3.05, 3.63) is 48.5 Å². The SMILES string of the molecule is CCOc1ccc(N=Nc2ccc(NCCO)cc2)cc1. The molecular formula is C16H19N3O2. The van der Waals surface area contributed by atoms with Crippen LogP contribution in [0.3, 0.4) is 0 Å². The number of hydrogen-bond acceptors (Lipinski definition) is 5. The lowest BCUT2D eigenvalue weighted by Crippen LogP contribution is -2.04. The summed E-state index contributed by atoms with van der Waals surface area (Å²) in [7, 11) is 0. The number of ether oxygens (including phenoxy) is 1. The first kappa shape index (κ1) is 15.0. The van der Waals surface area contributed by atoms with Crippen LogP contribution in [0.2, 0.25) is 0 Å². The van der Waals surface area contributed by atoms with Crippen molar-refractivity contribution in [1.82, 2.24) is 0 Å². The predicted molar refractivity (Wildman–Crippen MR) is 83.8 cm³/mol. The zero-order valence-electron chi connectivity index (χ0n) is 12.0. The Morgan fingerprint density at radius 2 is 1.52 bits per heavy atom. The normalized spacial score (nSPS) is 10.8. The maximum absolute atomic E-state index is 8.74. The van der Waals surface area contributed by atoms with Crippen LogP contribution in [0.1, 0.15) is 6.92 Å². The van der Waals surface area contributed by atoms with Crippen molar-refractivity contribution in [2.24, 2.45) is 10.2 Å². The Balaban J connectivity index is 1.96. The van der Waals surface area contributed by atoms with Crippen molar-refractivity contribution in [1.29, 1.82) is 0 Å². The summed E-state index contributed by atoms with van der Waals surface area (Å²) in [6.07, 6.45) is 0. The third-order valence-electron chi connectivity index (χ3n) is 2.74. The molecule has 0 heterocycles. The molecule has 0 spiro atoms. The maximum atomic E-state index is 8.74. The Morgan fingerprint density at radius 3 is 2.05 bits per heavy atom. The molecule has 2 N–H and O–H groups in total. The first-order valence-electron chi connectivity index (χ1n) is 6.91. The number of nitrogens with zero attached hydrogens (tertiary/aromatic N) is 2. The van der Waals surface area contributed by atoms with E-state index in [4.69, 9.17) is 9.84 Å². The van der Waals surface area contributed by atoms with Gasteiger partial charge in [-0.15, -0.1) is 0 Å². The lowest BCUT2D eigenvalue weighted by atomic mass is 10.3. The van der Waals surface area contributed by atoms with Crippen LogP contribution in [-0.4, -0.2) is 24.9 Å². The molecule has 2 rings (SSSR count). The Morgan fingerprint density at radius 1 is 0.952 bits per heavy atom. The summed E-state index contributed by atoms with van der Waals surface area (Å²) in [5.74, 6) is 0.829. The number of hydrogen-bond donors (Lipinski definition) is 2. The highest BCUT2D eigenvalue weighted by Gasteiger charge is 1.95. The number of anilines is 1. The van der Waals surface area contributed by atoms with Gasteiger partial charge in [-0.3, -0.25) is 0 Å². The average Bonchev–Trinajstić information content (AvgIpc) is 2.53. The van der Waals surface area contributed by atoms with Gasteiger partial charge in [-0.25, -0.2) is 0 Å². The molecule has 0 aliphatic heterocycles. The maximum Gasteiger partial charge on any atom is 0.119 e. The molecule has 0 radical (unpaired) electrons. The van der Waals surface area contributed by atoms with E-state index in [1.807, 2.05) is 55.5 Å². The van der Waals surface area contributed by atoms with Crippen LogP contribution in [0.25, 0.3) is 0 Å². The van der Waals surface area contributed by atoms with Crippen LogP contribution in [0.4, 0.5) is 17.1 Å². The molecule has 2 aromatic rings. The van der Waals surface area contributed by atoms with Crippen LogP contribution >= 0.6 is 0 Å². The summed E-state index contributed by atoms with van der Waals surface area (Å²) in [4.78, 5) is 0. The Bertz CT molecular complexity index is 565. The van der Waals surface area contributed by atoms with E-state index >= 15 is 0 Å². The van der Waals surface area contributed by atoms with E-state index in [0.717, 1.165) is 22.8 Å². The first-order valence-corrected chi connectivity index (χ1v) is 6.91. The summed E-state index contributed by atoms with van der Waals surface area (Å²) in [6.45, 7) is 3.25. The minimum atomic E-state index is 0.110. The standard InChI is InChI=1S/C16H19N3O2/c1-2-21-16-9-7-15(8-10-16)19-18-14-5-3-13(4-6-14)17-11-12-20/h3-10,17,20H,2,11-12H2,1H3. The average molecular weight is 285 g/mol. The molecule has 0 aliphatic carbocycles. The van der Waals surface area contributed by atoms with Crippen LogP contribution in [-0.2, 0) is 0 Å². The molecule has 0 saturated heterocycles. The third kappa shape index (κ3) is 4.89. The molecule has 0 amide bonds. The fourth-order valence-corrected chi connectivity index (χ4v) is 1.74. The lowest BCUT2D eigenvalue weighted by molar-refractivity contribution is 0.311. The molecule has 0 atom stereocenters. The van der Waals surface area contributed by atoms with Gasteiger partial charge >= 0.3 is 0 Å². The van der Waals surface area contributed by atoms with Gasteiger partial charge in [0.05, 0.1) is 24.6 Å². The molecule has 110 valence electrons. The Kier molecular flexibility index (Phi) is 5.72. The van der Waals surface area contributed by atoms with E-state index < -0.39 is 0 Å². The molecule has 0 saturated carbocycles. The molecule has 0 fully saturated rings. The monoisotopic (exact) mass is 285 g/mol. The zero-order chi connectivity index (χ0) is 14.9. The fourth-order valence-electron chi connectivity index (χ4n) is 1.74. The molecule has 0 aliphatic rings. The largest absolute Gasteiger partial charge is 0.494 e. The van der Waals surface area contributed by atoms with Crippen molar-refractivity contribution in [2.75, 3.05) is 25.1 Å². The Hall–Kier alpha value is -2.40. The topological polar surface area (TPSA) is 66.2 Å². The van der Waals surface area contributed by atoms with Gasteiger partial charge in [0, 0.05) is 12.2 Å². The van der Waals surface area contributed by atoms with E-state index in [1.54, 1.807) is 0 Å². The summed E-state index contributed by atoms with van der Waals surface area (Å²) >= 11 is 0. The highest BCUT2D eigenvalue weighted by molar-refractivity contribution is 5.51. The first-order chi connectivity index (χ1) is 10.3. The van der Waals surface area contributed by atoms with Gasteiger partial charge in [-0.05, 0) is 55.5 Å². The van der Waals surface area contributed by atoms with Gasteiger partial charge in [0.2, 0.25) is 0 Å². The van der Waals surface area contributed by atoms with Crippen LogP contribution in [0.5, 0.6) is 5.75 Å². The minimum absolute atomic E-state index is 0.110. The molecular weight excluding hydrogens is 266 g/mol. The molecule has 5 nitrogen and oxygen atoms in total. The number of azo groups is 1. The lowest BCUT2D eigenvalue weighted by Gasteiger charge is -2.03. The van der Waals surface area contributed by atoms with Crippen molar-refractivity contribution in [3.8, 4) is 5.75 Å². The zero-order valence-corrected chi connectivity index (χ0v) is 12.0. The smallest absolute Gasteiger partial charge is 0.119 e. The Labute approximate surface area is 124 Å². The molecule has 0 unspecified atom stereocenters. The molecule has 0 aromatic heterocycles. The quantitative estimate of drug-likeness (QED) is 0.758. The second-order valence-corrected chi connectivity index (χ2v) is 4.32. The number of aliphatic hydroxyl groups excluding tert-OH is 1. The van der Waals surface area contributed by atoms with Crippen molar-refractivity contribution < 1.29 is 9.84 Å². The van der Waals surface area contributed by atoms with Gasteiger partial charge in [0.15, 0.2) is 0 Å². The highest BCUT2D eigenvalue weighted by Crippen LogP contribution is 2.22. The number of rotatable bonds is 7. The summed E-state index contributed by atoms with van der Waals surface area (Å²) in [5, 5.41) is 20.2. The van der Waals surface area contributed by atoms with Gasteiger partial charge in [0.25, 0.3) is 0 Å². The highest BCUT2D eigenvalue weighted by atomic mass is 16.5. The molecule has 21 heavy (non-hydrogen) atoms. The van der Waals surface area contributed by atoms with Crippen LogP contribution in [0, 0.1) is 0 Å². The second kappa shape index (κ2) is 8.01. The predicted octanol–water partition coefficient (Wildman–Crippen LogP) is 3.90. The second-order valence-electron chi connectivity index (χ2n) is 4.32. The van der Waals surface area contributed by atoms with Crippen molar-refractivity contribution in [2.45, 2.75) is 6.92 Å². The van der Waals surface area contributed by atoms with Crippen molar-refractivity contribution >= 4 is 17.1 Å². The van der Waals surface area contributed by atoms with E-state index in [1.165, 1.54) is 0 Å². The van der Waals surface area contributed by atoms with E-state index in [9.17, 15) is 0 Å². The molecule has 0 bridgehead atoms. The van der Waals surface area contributed by atoms with Crippen LogP contribution in [0.15, 0.2) is 58.8 Å². The number of aliphatic hydroxyl groups is 1. The minimum Gasteiger partial charge on any atom is -0.494 e. The fraction of sp³-hybridized carbons (Fsp3) is 0.250. The van der Waals surface area contributed by atoms with E-state index in [-0.39, 0.29) is 6.61 Å².